The van der Waals surface area contributed by atoms with Gasteiger partial charge in [-0.3, -0.25) is 0 Å². The lowest BCUT2D eigenvalue weighted by Gasteiger charge is -2.08. The van der Waals surface area contributed by atoms with Crippen molar-refractivity contribution in [1.82, 2.24) is 15.0 Å². The van der Waals surface area contributed by atoms with Crippen LogP contribution >= 0.6 is 0 Å². The molecule has 0 aliphatic rings. The van der Waals surface area contributed by atoms with Crippen molar-refractivity contribution >= 4 is 0 Å². The number of hydrogen-bond donors (Lipinski definition) is 1. The number of aryl methyl sites for hydroxylation is 1. The molecule has 0 saturated carbocycles. The summed E-state index contributed by atoms with van der Waals surface area (Å²) in [6, 6.07) is 8.09. The van der Waals surface area contributed by atoms with Crippen LogP contribution in [0.3, 0.4) is 0 Å². The first-order valence-corrected chi connectivity index (χ1v) is 7.52. The molecule has 5 nitrogen and oxygen atoms in total. The highest BCUT2D eigenvalue weighted by atomic mass is 16.5. The van der Waals surface area contributed by atoms with Gasteiger partial charge in [0.25, 0.3) is 0 Å². The first-order valence-electron chi connectivity index (χ1n) is 7.52. The highest BCUT2D eigenvalue weighted by molar-refractivity contribution is 5.30. The Labute approximate surface area is 126 Å². The maximum absolute atomic E-state index is 5.78. The molecule has 0 atom stereocenters. The van der Waals surface area contributed by atoms with Crippen molar-refractivity contribution in [1.29, 1.82) is 0 Å². The van der Waals surface area contributed by atoms with Gasteiger partial charge in [-0.1, -0.05) is 37.1 Å². The molecule has 1 heterocycles. The number of rotatable bonds is 8. The molecule has 2 N–H and O–H groups in total. The van der Waals surface area contributed by atoms with Crippen LogP contribution < -0.4 is 10.5 Å². The van der Waals surface area contributed by atoms with Gasteiger partial charge in [-0.25, -0.2) is 4.68 Å². The van der Waals surface area contributed by atoms with Gasteiger partial charge >= 0.3 is 0 Å². The van der Waals surface area contributed by atoms with Crippen LogP contribution in [0.2, 0.25) is 0 Å². The van der Waals surface area contributed by atoms with E-state index in [1.54, 1.807) is 7.11 Å². The summed E-state index contributed by atoms with van der Waals surface area (Å²) in [5, 5.41) is 8.46. The van der Waals surface area contributed by atoms with E-state index in [0.717, 1.165) is 36.5 Å². The highest BCUT2D eigenvalue weighted by Crippen LogP contribution is 2.17. The van der Waals surface area contributed by atoms with Crippen molar-refractivity contribution < 1.29 is 4.74 Å². The quantitative estimate of drug-likeness (QED) is 0.758. The second kappa shape index (κ2) is 7.78. The normalized spacial score (nSPS) is 10.8. The summed E-state index contributed by atoms with van der Waals surface area (Å²) in [5.74, 6) is 0.868. The molecule has 2 aromatic rings. The number of unbranched alkanes of at least 4 members (excludes halogenated alkanes) is 2. The van der Waals surface area contributed by atoms with Crippen molar-refractivity contribution in [3.63, 3.8) is 0 Å². The first kappa shape index (κ1) is 15.5. The zero-order valence-electron chi connectivity index (χ0n) is 12.9. The van der Waals surface area contributed by atoms with E-state index in [-0.39, 0.29) is 0 Å². The fraction of sp³-hybridized carbons (Fsp3) is 0.500. The lowest BCUT2D eigenvalue weighted by molar-refractivity contribution is 0.414. The molecule has 21 heavy (non-hydrogen) atoms. The van der Waals surface area contributed by atoms with Gasteiger partial charge in [0.1, 0.15) is 5.75 Å². The summed E-state index contributed by atoms with van der Waals surface area (Å²) in [6.45, 7) is 3.54. The van der Waals surface area contributed by atoms with Crippen LogP contribution in [-0.2, 0) is 19.5 Å². The van der Waals surface area contributed by atoms with E-state index in [0.29, 0.717) is 6.54 Å². The number of methoxy groups -OCH3 is 1. The summed E-state index contributed by atoms with van der Waals surface area (Å²) in [4.78, 5) is 0. The Morgan fingerprint density at radius 3 is 2.57 bits per heavy atom. The number of hydrogen-bond acceptors (Lipinski definition) is 4. The van der Waals surface area contributed by atoms with Gasteiger partial charge in [-0.05, 0) is 24.1 Å². The minimum atomic E-state index is 0.430. The van der Waals surface area contributed by atoms with E-state index in [4.69, 9.17) is 10.5 Å². The third kappa shape index (κ3) is 4.04. The van der Waals surface area contributed by atoms with Crippen LogP contribution in [0, 0.1) is 0 Å². The Balaban J connectivity index is 2.14. The molecule has 0 radical (unpaired) electrons. The molecule has 0 saturated heterocycles. The molecular formula is C16H24N4O. The van der Waals surface area contributed by atoms with E-state index in [2.05, 4.69) is 29.4 Å². The van der Waals surface area contributed by atoms with E-state index in [1.165, 1.54) is 18.4 Å². The summed E-state index contributed by atoms with van der Waals surface area (Å²) < 4.78 is 7.19. The van der Waals surface area contributed by atoms with Crippen LogP contribution in [0.1, 0.15) is 43.1 Å². The zero-order valence-corrected chi connectivity index (χ0v) is 12.9. The highest BCUT2D eigenvalue weighted by Gasteiger charge is 2.12. The predicted molar refractivity (Wildman–Crippen MR) is 83.2 cm³/mol. The van der Waals surface area contributed by atoms with Crippen LogP contribution in [0.25, 0.3) is 0 Å². The Morgan fingerprint density at radius 2 is 1.95 bits per heavy atom. The second-order valence-electron chi connectivity index (χ2n) is 5.14. The summed E-state index contributed by atoms with van der Waals surface area (Å²) in [7, 11) is 1.67. The number of nitrogens with zero attached hydrogens (tertiary/aromatic N) is 3. The number of ether oxygens (including phenoxy) is 1. The number of benzene rings is 1. The van der Waals surface area contributed by atoms with Crippen molar-refractivity contribution in [3.8, 4) is 5.75 Å². The summed E-state index contributed by atoms with van der Waals surface area (Å²) in [6.07, 6.45) is 4.33. The molecule has 0 aliphatic heterocycles. The lowest BCUT2D eigenvalue weighted by atomic mass is 10.1. The molecule has 1 aromatic carbocycles. The van der Waals surface area contributed by atoms with Crippen molar-refractivity contribution in [3.05, 3.63) is 41.2 Å². The van der Waals surface area contributed by atoms with E-state index in [9.17, 15) is 0 Å². The molecule has 0 unspecified atom stereocenters. The standard InChI is InChI=1S/C16H24N4O/c1-3-4-5-10-20-16(15(12-17)18-19-20)11-13-6-8-14(21-2)9-7-13/h6-9H,3-5,10-12,17H2,1-2H3. The molecule has 0 fully saturated rings. The molecule has 0 amide bonds. The van der Waals surface area contributed by atoms with E-state index >= 15 is 0 Å². The Kier molecular flexibility index (Phi) is 5.75. The van der Waals surface area contributed by atoms with Crippen LogP contribution in [0.5, 0.6) is 5.75 Å². The molecule has 5 heteroatoms. The smallest absolute Gasteiger partial charge is 0.118 e. The Hall–Kier alpha value is -1.88. The SMILES string of the molecule is CCCCCn1nnc(CN)c1Cc1ccc(OC)cc1. The largest absolute Gasteiger partial charge is 0.497 e. The second-order valence-corrected chi connectivity index (χ2v) is 5.14. The minimum Gasteiger partial charge on any atom is -0.497 e. The maximum Gasteiger partial charge on any atom is 0.118 e. The van der Waals surface area contributed by atoms with Crippen LogP contribution in [-0.4, -0.2) is 22.1 Å². The molecule has 0 aliphatic carbocycles. The molecule has 0 spiro atoms. The fourth-order valence-corrected chi connectivity index (χ4v) is 2.35. The average Bonchev–Trinajstić information content (AvgIpc) is 2.90. The van der Waals surface area contributed by atoms with Crippen molar-refractivity contribution in [2.75, 3.05) is 7.11 Å². The fourth-order valence-electron chi connectivity index (χ4n) is 2.35. The van der Waals surface area contributed by atoms with Crippen molar-refractivity contribution in [2.45, 2.75) is 45.7 Å². The third-order valence-corrected chi connectivity index (χ3v) is 3.62. The van der Waals surface area contributed by atoms with Gasteiger partial charge in [-0.2, -0.15) is 0 Å². The average molecular weight is 288 g/mol. The van der Waals surface area contributed by atoms with Gasteiger partial charge in [0.2, 0.25) is 0 Å². The molecule has 0 bridgehead atoms. The summed E-state index contributed by atoms with van der Waals surface area (Å²) >= 11 is 0. The molecule has 2 rings (SSSR count). The maximum atomic E-state index is 5.78. The van der Waals surface area contributed by atoms with Gasteiger partial charge in [0.05, 0.1) is 18.5 Å². The number of nitrogens with two attached hydrogens (primary N) is 1. The Morgan fingerprint density at radius 1 is 1.19 bits per heavy atom. The Bertz CT molecular complexity index is 548. The van der Waals surface area contributed by atoms with E-state index in [1.807, 2.05) is 16.8 Å². The van der Waals surface area contributed by atoms with Gasteiger partial charge in [0.15, 0.2) is 0 Å². The van der Waals surface area contributed by atoms with Gasteiger partial charge in [0, 0.05) is 19.5 Å². The zero-order chi connectivity index (χ0) is 15.1. The molecular weight excluding hydrogens is 264 g/mol. The van der Waals surface area contributed by atoms with Crippen LogP contribution in [0.4, 0.5) is 0 Å². The minimum absolute atomic E-state index is 0.430. The monoisotopic (exact) mass is 288 g/mol. The van der Waals surface area contributed by atoms with Crippen LogP contribution in [0.15, 0.2) is 24.3 Å². The number of aromatic nitrogens is 3. The predicted octanol–water partition coefficient (Wildman–Crippen LogP) is 2.53. The first-order chi connectivity index (χ1) is 10.3. The summed E-state index contributed by atoms with van der Waals surface area (Å²) in [5.41, 5.74) is 9.01. The van der Waals surface area contributed by atoms with E-state index < -0.39 is 0 Å². The third-order valence-electron chi connectivity index (χ3n) is 3.62. The van der Waals surface area contributed by atoms with Gasteiger partial charge < -0.3 is 10.5 Å². The van der Waals surface area contributed by atoms with Crippen molar-refractivity contribution in [2.24, 2.45) is 5.73 Å². The molecule has 1 aromatic heterocycles. The lowest BCUT2D eigenvalue weighted by Crippen LogP contribution is -2.09. The molecule has 114 valence electrons. The topological polar surface area (TPSA) is 66.0 Å². The van der Waals surface area contributed by atoms with Gasteiger partial charge in [-0.15, -0.1) is 5.10 Å².